The summed E-state index contributed by atoms with van der Waals surface area (Å²) in [7, 11) is 2.48. The van der Waals surface area contributed by atoms with Crippen LogP contribution in [0.3, 0.4) is 0 Å². The molecule has 0 bridgehead atoms. The summed E-state index contributed by atoms with van der Waals surface area (Å²) in [5.74, 6) is -1.26. The molecule has 0 unspecified atom stereocenters. The molecule has 8 nitrogen and oxygen atoms in total. The molecule has 1 aromatic heterocycles. The van der Waals surface area contributed by atoms with Gasteiger partial charge in [-0.2, -0.15) is 0 Å². The Morgan fingerprint density at radius 3 is 2.45 bits per heavy atom. The molecule has 1 aromatic rings. The van der Waals surface area contributed by atoms with Crippen molar-refractivity contribution < 1.29 is 33.3 Å². The molecule has 0 aromatic carbocycles. The summed E-state index contributed by atoms with van der Waals surface area (Å²) in [6.07, 6.45) is 2.21. The van der Waals surface area contributed by atoms with Gasteiger partial charge in [-0.05, 0) is 6.08 Å². The molecule has 0 saturated heterocycles. The normalized spacial score (nSPS) is 10.5. The predicted octanol–water partition coefficient (Wildman–Crippen LogP) is 0.390. The maximum atomic E-state index is 11.9. The molecular formula is C14H16O8. The fourth-order valence-electron chi connectivity index (χ4n) is 1.65. The lowest BCUT2D eigenvalue weighted by Crippen LogP contribution is -2.16. The number of carbonyl (C=O) groups excluding carboxylic acids is 2. The fourth-order valence-corrected chi connectivity index (χ4v) is 1.65. The average molecular weight is 312 g/mol. The van der Waals surface area contributed by atoms with Gasteiger partial charge in [-0.25, -0.2) is 9.59 Å². The molecule has 22 heavy (non-hydrogen) atoms. The number of esters is 2. The lowest BCUT2D eigenvalue weighted by molar-refractivity contribution is -0.142. The predicted molar refractivity (Wildman–Crippen MR) is 74.0 cm³/mol. The first-order valence-electron chi connectivity index (χ1n) is 6.17. The molecule has 1 N–H and O–H groups in total. The average Bonchev–Trinajstić information content (AvgIpc) is 2.50. The molecule has 0 aliphatic rings. The Balaban J connectivity index is 3.35. The first-order valence-corrected chi connectivity index (χ1v) is 6.17. The minimum atomic E-state index is -0.806. The molecule has 0 saturated carbocycles. The van der Waals surface area contributed by atoms with Gasteiger partial charge in [-0.1, -0.05) is 0 Å². The zero-order valence-corrected chi connectivity index (χ0v) is 12.4. The summed E-state index contributed by atoms with van der Waals surface area (Å²) in [5.41, 5.74) is -0.707. The number of ether oxygens (including phenoxy) is 3. The van der Waals surface area contributed by atoms with Gasteiger partial charge >= 0.3 is 17.6 Å². The van der Waals surface area contributed by atoms with E-state index < -0.39 is 24.2 Å². The highest BCUT2D eigenvalue weighted by molar-refractivity contribution is 5.86. The number of rotatable bonds is 6. The maximum Gasteiger partial charge on any atom is 0.346 e. The summed E-state index contributed by atoms with van der Waals surface area (Å²) in [6, 6.07) is 0. The van der Waals surface area contributed by atoms with Crippen molar-refractivity contribution in [3.05, 3.63) is 33.4 Å². The smallest absolute Gasteiger partial charge is 0.346 e. The molecule has 0 spiro atoms. The van der Waals surface area contributed by atoms with Crippen LogP contribution in [0.25, 0.3) is 6.08 Å². The summed E-state index contributed by atoms with van der Waals surface area (Å²) in [6.45, 7) is 0.324. The van der Waals surface area contributed by atoms with E-state index in [-0.39, 0.29) is 29.2 Å². The van der Waals surface area contributed by atoms with Crippen LogP contribution in [0.15, 0.2) is 15.3 Å². The van der Waals surface area contributed by atoms with Gasteiger partial charge in [0.25, 0.3) is 0 Å². The monoisotopic (exact) mass is 312 g/mol. The minimum Gasteiger partial charge on any atom is -0.496 e. The Morgan fingerprint density at radius 1 is 1.27 bits per heavy atom. The molecule has 0 fully saturated rings. The van der Waals surface area contributed by atoms with Crippen LogP contribution >= 0.6 is 0 Å². The van der Waals surface area contributed by atoms with Gasteiger partial charge < -0.3 is 23.7 Å². The van der Waals surface area contributed by atoms with Crippen LogP contribution in [0.5, 0.6) is 5.75 Å². The molecule has 0 amide bonds. The molecule has 0 aliphatic carbocycles. The van der Waals surface area contributed by atoms with Crippen LogP contribution in [0, 0.1) is 0 Å². The summed E-state index contributed by atoms with van der Waals surface area (Å²) in [4.78, 5) is 33.9. The van der Waals surface area contributed by atoms with Crippen LogP contribution in [0.1, 0.15) is 23.8 Å². The quantitative estimate of drug-likeness (QED) is 0.593. The Labute approximate surface area is 125 Å². The summed E-state index contributed by atoms with van der Waals surface area (Å²) in [5, 5.41) is 9.45. The summed E-state index contributed by atoms with van der Waals surface area (Å²) < 4.78 is 19.3. The molecule has 1 rings (SSSR count). The van der Waals surface area contributed by atoms with Crippen LogP contribution < -0.4 is 10.4 Å². The first kappa shape index (κ1) is 17.4. The van der Waals surface area contributed by atoms with E-state index in [1.807, 2.05) is 0 Å². The minimum absolute atomic E-state index is 0.0320. The Kier molecular flexibility index (Phi) is 6.33. The number of hydrogen-bond acceptors (Lipinski definition) is 8. The van der Waals surface area contributed by atoms with E-state index in [1.165, 1.54) is 27.2 Å². The second-order valence-corrected chi connectivity index (χ2v) is 4.04. The third-order valence-electron chi connectivity index (χ3n) is 2.65. The van der Waals surface area contributed by atoms with Crippen molar-refractivity contribution in [2.75, 3.05) is 14.2 Å². The standard InChI is InChI=1S/C14H16O8/c1-8(16)21-7-10-13(20-3)9(6-15)11(22-14(10)18)4-5-12(17)19-2/h4-5,15H,6-7H2,1-3H3/b5-4+. The van der Waals surface area contributed by atoms with E-state index in [4.69, 9.17) is 13.9 Å². The summed E-state index contributed by atoms with van der Waals surface area (Å²) >= 11 is 0. The molecule has 8 heteroatoms. The van der Waals surface area contributed by atoms with Gasteiger partial charge in [0, 0.05) is 13.0 Å². The topological polar surface area (TPSA) is 112 Å². The highest BCUT2D eigenvalue weighted by atomic mass is 16.5. The van der Waals surface area contributed by atoms with Crippen LogP contribution in [-0.4, -0.2) is 31.3 Å². The van der Waals surface area contributed by atoms with Gasteiger partial charge in [-0.15, -0.1) is 0 Å². The van der Waals surface area contributed by atoms with E-state index in [0.29, 0.717) is 0 Å². The molecule has 120 valence electrons. The highest BCUT2D eigenvalue weighted by Crippen LogP contribution is 2.26. The lowest BCUT2D eigenvalue weighted by Gasteiger charge is -2.12. The zero-order chi connectivity index (χ0) is 16.7. The molecule has 0 radical (unpaired) electrons. The molecular weight excluding hydrogens is 296 g/mol. The van der Waals surface area contributed by atoms with E-state index in [0.717, 1.165) is 6.08 Å². The number of hydrogen-bond donors (Lipinski definition) is 1. The van der Waals surface area contributed by atoms with E-state index in [1.54, 1.807) is 0 Å². The van der Waals surface area contributed by atoms with E-state index >= 15 is 0 Å². The van der Waals surface area contributed by atoms with Crippen LogP contribution in [0.2, 0.25) is 0 Å². The maximum absolute atomic E-state index is 11.9. The SMILES string of the molecule is COC(=O)/C=C/c1oc(=O)c(COC(C)=O)c(OC)c1CO. The number of methoxy groups -OCH3 is 2. The van der Waals surface area contributed by atoms with Gasteiger partial charge in [0.2, 0.25) is 0 Å². The highest BCUT2D eigenvalue weighted by Gasteiger charge is 2.20. The van der Waals surface area contributed by atoms with Crippen molar-refractivity contribution in [1.82, 2.24) is 0 Å². The lowest BCUT2D eigenvalue weighted by atomic mass is 10.1. The van der Waals surface area contributed by atoms with E-state index in [9.17, 15) is 19.5 Å². The number of aliphatic hydroxyl groups excluding tert-OH is 1. The second-order valence-electron chi connectivity index (χ2n) is 4.04. The third kappa shape index (κ3) is 4.19. The van der Waals surface area contributed by atoms with Gasteiger partial charge in [0.1, 0.15) is 23.7 Å². The van der Waals surface area contributed by atoms with Gasteiger partial charge in [-0.3, -0.25) is 4.79 Å². The van der Waals surface area contributed by atoms with Crippen LogP contribution in [0.4, 0.5) is 0 Å². The van der Waals surface area contributed by atoms with Gasteiger partial charge in [0.15, 0.2) is 0 Å². The number of carbonyl (C=O) groups is 2. The zero-order valence-electron chi connectivity index (χ0n) is 12.4. The van der Waals surface area contributed by atoms with Crippen molar-refractivity contribution >= 4 is 18.0 Å². The van der Waals surface area contributed by atoms with Crippen molar-refractivity contribution in [1.29, 1.82) is 0 Å². The molecule has 0 aliphatic heterocycles. The van der Waals surface area contributed by atoms with Crippen molar-refractivity contribution in [2.45, 2.75) is 20.1 Å². The fraction of sp³-hybridized carbons (Fsp3) is 0.357. The second kappa shape index (κ2) is 7.99. The Hall–Kier alpha value is -2.61. The molecule has 0 atom stereocenters. The van der Waals surface area contributed by atoms with Crippen molar-refractivity contribution in [3.8, 4) is 5.75 Å². The number of aliphatic hydroxyl groups is 1. The molecule has 1 heterocycles. The van der Waals surface area contributed by atoms with E-state index in [2.05, 4.69) is 4.74 Å². The van der Waals surface area contributed by atoms with Crippen molar-refractivity contribution in [3.63, 3.8) is 0 Å². The van der Waals surface area contributed by atoms with Crippen LogP contribution in [-0.2, 0) is 32.3 Å². The van der Waals surface area contributed by atoms with Crippen molar-refractivity contribution in [2.24, 2.45) is 0 Å². The Bertz CT molecular complexity index is 641. The Morgan fingerprint density at radius 2 is 1.95 bits per heavy atom. The first-order chi connectivity index (χ1) is 10.4. The van der Waals surface area contributed by atoms with Gasteiger partial charge in [0.05, 0.1) is 26.4 Å². The third-order valence-corrected chi connectivity index (χ3v) is 2.65. The largest absolute Gasteiger partial charge is 0.496 e.